The summed E-state index contributed by atoms with van der Waals surface area (Å²) in [4.78, 5) is 0. The van der Waals surface area contributed by atoms with Gasteiger partial charge in [0.2, 0.25) is 0 Å². The zero-order chi connectivity index (χ0) is 12.0. The lowest BCUT2D eigenvalue weighted by atomic mass is 9.80. The van der Waals surface area contributed by atoms with Gasteiger partial charge >= 0.3 is 0 Å². The lowest BCUT2D eigenvalue weighted by Crippen LogP contribution is -2.37. The average Bonchev–Trinajstić information content (AvgIpc) is 2.15. The molecular weight excluding hydrogens is 198 g/mol. The van der Waals surface area contributed by atoms with E-state index in [-0.39, 0.29) is 0 Å². The maximum Gasteiger partial charge on any atom is 0.0518 e. The van der Waals surface area contributed by atoms with Crippen molar-refractivity contribution < 1.29 is 4.74 Å². The topological polar surface area (TPSA) is 21.3 Å². The summed E-state index contributed by atoms with van der Waals surface area (Å²) < 4.78 is 5.53. The normalized spacial score (nSPS) is 30.9. The van der Waals surface area contributed by atoms with Crippen LogP contribution in [0.25, 0.3) is 0 Å². The maximum absolute atomic E-state index is 5.53. The van der Waals surface area contributed by atoms with Crippen molar-refractivity contribution in [2.75, 3.05) is 13.2 Å². The Morgan fingerprint density at radius 2 is 1.75 bits per heavy atom. The molecule has 0 aromatic rings. The quantitative estimate of drug-likeness (QED) is 0.704. The molecule has 0 amide bonds. The maximum atomic E-state index is 5.53. The highest BCUT2D eigenvalue weighted by Gasteiger charge is 2.22. The van der Waals surface area contributed by atoms with Gasteiger partial charge < -0.3 is 10.1 Å². The summed E-state index contributed by atoms with van der Waals surface area (Å²) in [6.45, 7) is 11.0. The van der Waals surface area contributed by atoms with Gasteiger partial charge in [-0.1, -0.05) is 13.8 Å². The van der Waals surface area contributed by atoms with E-state index in [4.69, 9.17) is 4.74 Å². The van der Waals surface area contributed by atoms with Crippen LogP contribution in [0.1, 0.15) is 53.4 Å². The van der Waals surface area contributed by atoms with E-state index in [2.05, 4.69) is 33.0 Å². The predicted octanol–water partition coefficient (Wildman–Crippen LogP) is 3.22. The molecule has 0 bridgehead atoms. The molecule has 1 N–H and O–H groups in total. The Hall–Kier alpha value is -0.0800. The molecule has 0 aliphatic heterocycles. The molecule has 96 valence electrons. The van der Waals surface area contributed by atoms with E-state index in [1.807, 2.05) is 0 Å². The van der Waals surface area contributed by atoms with Crippen molar-refractivity contribution in [3.8, 4) is 0 Å². The first-order valence-corrected chi connectivity index (χ1v) is 6.93. The molecule has 2 atom stereocenters. The number of hydrogen-bond donors (Lipinski definition) is 1. The van der Waals surface area contributed by atoms with Gasteiger partial charge in [-0.3, -0.25) is 0 Å². The molecule has 0 heterocycles. The summed E-state index contributed by atoms with van der Waals surface area (Å²) in [5.74, 6) is 1.79. The summed E-state index contributed by atoms with van der Waals surface area (Å²) in [6, 6.07) is 0.748. The third kappa shape index (κ3) is 5.86. The second-order valence-corrected chi connectivity index (χ2v) is 5.84. The third-order valence-corrected chi connectivity index (χ3v) is 3.38. The van der Waals surface area contributed by atoms with Crippen LogP contribution in [0.15, 0.2) is 0 Å². The van der Waals surface area contributed by atoms with Gasteiger partial charge in [0.1, 0.15) is 0 Å². The molecule has 1 saturated carbocycles. The zero-order valence-corrected chi connectivity index (χ0v) is 11.5. The first kappa shape index (κ1) is 14.0. The van der Waals surface area contributed by atoms with Crippen LogP contribution in [0, 0.1) is 11.8 Å². The Morgan fingerprint density at radius 1 is 1.12 bits per heavy atom. The molecule has 1 aliphatic rings. The molecule has 0 aromatic carbocycles. The SMILES string of the molecule is CC1CC(C)CC(NCCCOC(C)C)C1. The molecule has 0 aromatic heterocycles. The Kier molecular flexibility index (Phi) is 6.37. The summed E-state index contributed by atoms with van der Waals surface area (Å²) in [5, 5.41) is 3.68. The molecule has 1 aliphatic carbocycles. The van der Waals surface area contributed by atoms with E-state index in [0.29, 0.717) is 6.10 Å². The Labute approximate surface area is 101 Å². The Bertz CT molecular complexity index is 172. The molecule has 2 nitrogen and oxygen atoms in total. The summed E-state index contributed by atoms with van der Waals surface area (Å²) in [6.07, 6.45) is 5.63. The smallest absolute Gasteiger partial charge is 0.0518 e. The second-order valence-electron chi connectivity index (χ2n) is 5.84. The van der Waals surface area contributed by atoms with Crippen LogP contribution in [0.2, 0.25) is 0 Å². The predicted molar refractivity (Wildman–Crippen MR) is 69.7 cm³/mol. The van der Waals surface area contributed by atoms with E-state index < -0.39 is 0 Å². The molecule has 0 spiro atoms. The van der Waals surface area contributed by atoms with Gasteiger partial charge in [-0.05, 0) is 57.9 Å². The largest absolute Gasteiger partial charge is 0.379 e. The minimum Gasteiger partial charge on any atom is -0.379 e. The molecule has 1 rings (SSSR count). The van der Waals surface area contributed by atoms with Crippen molar-refractivity contribution in [3.05, 3.63) is 0 Å². The molecule has 2 unspecified atom stereocenters. The van der Waals surface area contributed by atoms with Crippen molar-refractivity contribution in [3.63, 3.8) is 0 Å². The number of rotatable bonds is 6. The van der Waals surface area contributed by atoms with Gasteiger partial charge in [0, 0.05) is 12.6 Å². The van der Waals surface area contributed by atoms with E-state index in [1.54, 1.807) is 0 Å². The van der Waals surface area contributed by atoms with Crippen LogP contribution in [0.4, 0.5) is 0 Å². The van der Waals surface area contributed by atoms with Gasteiger partial charge in [-0.2, -0.15) is 0 Å². The number of hydrogen-bond acceptors (Lipinski definition) is 2. The fourth-order valence-electron chi connectivity index (χ4n) is 2.81. The third-order valence-electron chi connectivity index (χ3n) is 3.38. The van der Waals surface area contributed by atoms with Crippen LogP contribution in [0.5, 0.6) is 0 Å². The van der Waals surface area contributed by atoms with Gasteiger partial charge in [-0.15, -0.1) is 0 Å². The minimum atomic E-state index is 0.370. The monoisotopic (exact) mass is 227 g/mol. The molecular formula is C14H29NO. The van der Waals surface area contributed by atoms with Crippen molar-refractivity contribution >= 4 is 0 Å². The molecule has 2 heteroatoms. The Balaban J connectivity index is 2.04. The van der Waals surface area contributed by atoms with Gasteiger partial charge in [0.05, 0.1) is 6.10 Å². The van der Waals surface area contributed by atoms with Crippen LogP contribution in [-0.4, -0.2) is 25.3 Å². The van der Waals surface area contributed by atoms with E-state index in [9.17, 15) is 0 Å². The average molecular weight is 227 g/mol. The van der Waals surface area contributed by atoms with Crippen LogP contribution < -0.4 is 5.32 Å². The van der Waals surface area contributed by atoms with Gasteiger partial charge in [0.25, 0.3) is 0 Å². The Morgan fingerprint density at radius 3 is 2.31 bits per heavy atom. The summed E-state index contributed by atoms with van der Waals surface area (Å²) in [7, 11) is 0. The van der Waals surface area contributed by atoms with Crippen LogP contribution in [0.3, 0.4) is 0 Å². The lowest BCUT2D eigenvalue weighted by Gasteiger charge is -2.32. The van der Waals surface area contributed by atoms with Crippen molar-refractivity contribution in [1.29, 1.82) is 0 Å². The van der Waals surface area contributed by atoms with Crippen molar-refractivity contribution in [2.24, 2.45) is 11.8 Å². The van der Waals surface area contributed by atoms with E-state index >= 15 is 0 Å². The highest BCUT2D eigenvalue weighted by Crippen LogP contribution is 2.28. The first-order valence-electron chi connectivity index (χ1n) is 6.93. The van der Waals surface area contributed by atoms with E-state index in [0.717, 1.165) is 37.5 Å². The lowest BCUT2D eigenvalue weighted by molar-refractivity contribution is 0.0761. The zero-order valence-electron chi connectivity index (χ0n) is 11.5. The van der Waals surface area contributed by atoms with Crippen molar-refractivity contribution in [2.45, 2.75) is 65.5 Å². The van der Waals surface area contributed by atoms with E-state index in [1.165, 1.54) is 19.3 Å². The standard InChI is InChI=1S/C14H29NO/c1-11(2)16-7-5-6-15-14-9-12(3)8-13(4)10-14/h11-15H,5-10H2,1-4H3. The first-order chi connectivity index (χ1) is 7.58. The fourth-order valence-corrected chi connectivity index (χ4v) is 2.81. The number of ether oxygens (including phenoxy) is 1. The van der Waals surface area contributed by atoms with Crippen LogP contribution >= 0.6 is 0 Å². The highest BCUT2D eigenvalue weighted by molar-refractivity contribution is 4.79. The van der Waals surface area contributed by atoms with Gasteiger partial charge in [-0.25, -0.2) is 0 Å². The molecule has 1 fully saturated rings. The van der Waals surface area contributed by atoms with Crippen molar-refractivity contribution in [1.82, 2.24) is 5.32 Å². The highest BCUT2D eigenvalue weighted by atomic mass is 16.5. The molecule has 0 saturated heterocycles. The molecule has 0 radical (unpaired) electrons. The molecule has 16 heavy (non-hydrogen) atoms. The summed E-state index contributed by atoms with van der Waals surface area (Å²) >= 11 is 0. The summed E-state index contributed by atoms with van der Waals surface area (Å²) in [5.41, 5.74) is 0. The fraction of sp³-hybridized carbons (Fsp3) is 1.00. The van der Waals surface area contributed by atoms with Crippen LogP contribution in [-0.2, 0) is 4.74 Å². The minimum absolute atomic E-state index is 0.370. The van der Waals surface area contributed by atoms with Gasteiger partial charge in [0.15, 0.2) is 0 Å². The number of nitrogens with one attached hydrogen (secondary N) is 1. The second kappa shape index (κ2) is 7.29.